The fourth-order valence-electron chi connectivity index (χ4n) is 1.18. The molecule has 0 saturated carbocycles. The summed E-state index contributed by atoms with van der Waals surface area (Å²) in [7, 11) is 0. The van der Waals surface area contributed by atoms with Gasteiger partial charge in [0.1, 0.15) is 12.4 Å². The minimum absolute atomic E-state index is 0.0535. The van der Waals surface area contributed by atoms with Gasteiger partial charge in [-0.3, -0.25) is 4.79 Å². The van der Waals surface area contributed by atoms with Gasteiger partial charge in [-0.25, -0.2) is 0 Å². The van der Waals surface area contributed by atoms with Gasteiger partial charge in [-0.1, -0.05) is 24.6 Å². The zero-order chi connectivity index (χ0) is 12.7. The maximum Gasteiger partial charge on any atom is 0.224 e. The van der Waals surface area contributed by atoms with E-state index in [4.69, 9.17) is 22.1 Å². The zero-order valence-corrected chi connectivity index (χ0v) is 10.5. The molecule has 1 aromatic carbocycles. The highest BCUT2D eigenvalue weighted by molar-refractivity contribution is 6.30. The highest BCUT2D eigenvalue weighted by Crippen LogP contribution is 2.16. The molecular formula is C12H17ClN2O2. The lowest BCUT2D eigenvalue weighted by Gasteiger charge is -2.10. The molecule has 0 bridgehead atoms. The van der Waals surface area contributed by atoms with Gasteiger partial charge in [-0.2, -0.15) is 0 Å². The third-order valence-corrected chi connectivity index (χ3v) is 2.50. The molecular weight excluding hydrogens is 240 g/mol. The van der Waals surface area contributed by atoms with Crippen LogP contribution in [0.1, 0.15) is 6.92 Å². The summed E-state index contributed by atoms with van der Waals surface area (Å²) >= 11 is 5.80. The van der Waals surface area contributed by atoms with Crippen molar-refractivity contribution in [1.29, 1.82) is 0 Å². The zero-order valence-electron chi connectivity index (χ0n) is 9.78. The first-order valence-electron chi connectivity index (χ1n) is 5.49. The number of rotatable bonds is 6. The predicted molar refractivity (Wildman–Crippen MR) is 68.2 cm³/mol. The number of carbonyl (C=O) groups is 1. The quantitative estimate of drug-likeness (QED) is 0.757. The van der Waals surface area contributed by atoms with Crippen molar-refractivity contribution < 1.29 is 9.53 Å². The molecule has 0 heterocycles. The monoisotopic (exact) mass is 256 g/mol. The number of carbonyl (C=O) groups excluding carboxylic acids is 1. The van der Waals surface area contributed by atoms with Crippen molar-refractivity contribution in [1.82, 2.24) is 5.32 Å². The van der Waals surface area contributed by atoms with Gasteiger partial charge in [0.05, 0.1) is 6.54 Å². The molecule has 4 nitrogen and oxygen atoms in total. The smallest absolute Gasteiger partial charge is 0.224 e. The van der Waals surface area contributed by atoms with Crippen molar-refractivity contribution in [3.8, 4) is 5.75 Å². The Balaban J connectivity index is 2.22. The Bertz CT molecular complexity index is 371. The highest BCUT2D eigenvalue weighted by atomic mass is 35.5. The van der Waals surface area contributed by atoms with Crippen LogP contribution in [-0.4, -0.2) is 25.6 Å². The van der Waals surface area contributed by atoms with Crippen LogP contribution < -0.4 is 15.8 Å². The van der Waals surface area contributed by atoms with Crippen molar-refractivity contribution in [3.05, 3.63) is 29.3 Å². The second kappa shape index (κ2) is 7.14. The number of nitrogens with two attached hydrogens (primary N) is 1. The molecule has 1 rings (SSSR count). The Hall–Kier alpha value is -1.26. The maximum atomic E-state index is 11.4. The molecule has 94 valence electrons. The molecule has 0 spiro atoms. The molecule has 1 atom stereocenters. The number of benzene rings is 1. The lowest BCUT2D eigenvalue weighted by atomic mass is 10.2. The predicted octanol–water partition coefficient (Wildman–Crippen LogP) is 1.43. The average Bonchev–Trinajstić information content (AvgIpc) is 2.33. The SMILES string of the molecule is CC(CN)C(=O)NCCOc1cccc(Cl)c1. The van der Waals surface area contributed by atoms with Crippen LogP contribution in [0.2, 0.25) is 5.02 Å². The van der Waals surface area contributed by atoms with Gasteiger partial charge >= 0.3 is 0 Å². The van der Waals surface area contributed by atoms with Crippen molar-refractivity contribution in [2.75, 3.05) is 19.7 Å². The minimum atomic E-state index is -0.166. The second-order valence-electron chi connectivity index (χ2n) is 3.73. The molecule has 0 aliphatic rings. The normalized spacial score (nSPS) is 11.9. The standard InChI is InChI=1S/C12H17ClN2O2/c1-9(8-14)12(16)15-5-6-17-11-4-2-3-10(13)7-11/h2-4,7,9H,5-6,8,14H2,1H3,(H,15,16). The van der Waals surface area contributed by atoms with Crippen molar-refractivity contribution in [2.45, 2.75) is 6.92 Å². The molecule has 0 fully saturated rings. The third kappa shape index (κ3) is 5.06. The summed E-state index contributed by atoms with van der Waals surface area (Å²) in [6, 6.07) is 7.13. The lowest BCUT2D eigenvalue weighted by Crippen LogP contribution is -2.35. The molecule has 0 aliphatic carbocycles. The largest absolute Gasteiger partial charge is 0.492 e. The molecule has 1 aromatic rings. The van der Waals surface area contributed by atoms with Crippen molar-refractivity contribution >= 4 is 17.5 Å². The molecule has 0 saturated heterocycles. The van der Waals surface area contributed by atoms with Crippen LogP contribution in [0.4, 0.5) is 0 Å². The van der Waals surface area contributed by atoms with E-state index in [0.29, 0.717) is 30.5 Å². The number of ether oxygens (including phenoxy) is 1. The molecule has 1 unspecified atom stereocenters. The van der Waals surface area contributed by atoms with E-state index in [9.17, 15) is 4.79 Å². The van der Waals surface area contributed by atoms with Gasteiger partial charge in [0.25, 0.3) is 0 Å². The van der Waals surface area contributed by atoms with Gasteiger partial charge < -0.3 is 15.8 Å². The number of nitrogens with one attached hydrogen (secondary N) is 1. The van der Waals surface area contributed by atoms with Crippen LogP contribution in [-0.2, 0) is 4.79 Å². The Kier molecular flexibility index (Phi) is 5.80. The van der Waals surface area contributed by atoms with Crippen LogP contribution >= 0.6 is 11.6 Å². The fourth-order valence-corrected chi connectivity index (χ4v) is 1.36. The number of halogens is 1. The van der Waals surface area contributed by atoms with Gasteiger partial charge in [0.2, 0.25) is 5.91 Å². The van der Waals surface area contributed by atoms with E-state index in [-0.39, 0.29) is 11.8 Å². The summed E-state index contributed by atoms with van der Waals surface area (Å²) in [5, 5.41) is 3.37. The Morgan fingerprint density at radius 1 is 1.59 bits per heavy atom. The summed E-state index contributed by atoms with van der Waals surface area (Å²) < 4.78 is 5.42. The number of amides is 1. The van der Waals surface area contributed by atoms with Crippen molar-refractivity contribution in [3.63, 3.8) is 0 Å². The average molecular weight is 257 g/mol. The van der Waals surface area contributed by atoms with Gasteiger partial charge in [-0.15, -0.1) is 0 Å². The van der Waals surface area contributed by atoms with Crippen LogP contribution in [0.5, 0.6) is 5.75 Å². The van der Waals surface area contributed by atoms with Crippen molar-refractivity contribution in [2.24, 2.45) is 11.7 Å². The van der Waals surface area contributed by atoms with E-state index in [2.05, 4.69) is 5.32 Å². The summed E-state index contributed by atoms with van der Waals surface area (Å²) in [6.07, 6.45) is 0. The molecule has 0 radical (unpaired) electrons. The third-order valence-electron chi connectivity index (χ3n) is 2.27. The first-order valence-corrected chi connectivity index (χ1v) is 5.87. The Morgan fingerprint density at radius 2 is 2.35 bits per heavy atom. The molecule has 0 aliphatic heterocycles. The lowest BCUT2D eigenvalue weighted by molar-refractivity contribution is -0.124. The fraction of sp³-hybridized carbons (Fsp3) is 0.417. The summed E-state index contributed by atoms with van der Waals surface area (Å²) in [5.74, 6) is 0.474. The minimum Gasteiger partial charge on any atom is -0.492 e. The molecule has 1 amide bonds. The topological polar surface area (TPSA) is 64.4 Å². The van der Waals surface area contributed by atoms with Gasteiger partial charge in [-0.05, 0) is 18.2 Å². The van der Waals surface area contributed by atoms with Crippen LogP contribution in [0.25, 0.3) is 0 Å². The van der Waals surface area contributed by atoms with E-state index in [1.54, 1.807) is 19.1 Å². The number of hydrogen-bond acceptors (Lipinski definition) is 3. The maximum absolute atomic E-state index is 11.4. The molecule has 17 heavy (non-hydrogen) atoms. The second-order valence-corrected chi connectivity index (χ2v) is 4.17. The summed E-state index contributed by atoms with van der Waals surface area (Å²) in [6.45, 7) is 2.99. The van der Waals surface area contributed by atoms with E-state index in [1.807, 2.05) is 12.1 Å². The van der Waals surface area contributed by atoms with E-state index in [0.717, 1.165) is 0 Å². The summed E-state index contributed by atoms with van der Waals surface area (Å²) in [5.41, 5.74) is 5.38. The first-order chi connectivity index (χ1) is 8.13. The molecule has 3 N–H and O–H groups in total. The van der Waals surface area contributed by atoms with Crippen LogP contribution in [0, 0.1) is 5.92 Å². The van der Waals surface area contributed by atoms with Crippen LogP contribution in [0.15, 0.2) is 24.3 Å². The molecule has 0 aromatic heterocycles. The number of hydrogen-bond donors (Lipinski definition) is 2. The highest BCUT2D eigenvalue weighted by Gasteiger charge is 2.09. The van der Waals surface area contributed by atoms with Gasteiger partial charge in [0, 0.05) is 17.5 Å². The van der Waals surface area contributed by atoms with E-state index in [1.165, 1.54) is 0 Å². The van der Waals surface area contributed by atoms with E-state index >= 15 is 0 Å². The van der Waals surface area contributed by atoms with E-state index < -0.39 is 0 Å². The summed E-state index contributed by atoms with van der Waals surface area (Å²) in [4.78, 5) is 11.4. The Morgan fingerprint density at radius 3 is 3.00 bits per heavy atom. The van der Waals surface area contributed by atoms with Crippen LogP contribution in [0.3, 0.4) is 0 Å². The molecule has 5 heteroatoms. The first kappa shape index (κ1) is 13.8. The van der Waals surface area contributed by atoms with Gasteiger partial charge in [0.15, 0.2) is 0 Å². The Labute approximate surface area is 106 Å².